The maximum atomic E-state index is 13.4. The molecule has 0 atom stereocenters. The van der Waals surface area contributed by atoms with E-state index in [1.54, 1.807) is 32.0 Å². The second kappa shape index (κ2) is 6.79. The van der Waals surface area contributed by atoms with Crippen LogP contribution in [0.3, 0.4) is 0 Å². The molecule has 0 aliphatic rings. The molecule has 0 saturated heterocycles. The van der Waals surface area contributed by atoms with Crippen LogP contribution in [0.15, 0.2) is 48.5 Å². The number of aryl methyl sites for hydroxylation is 2. The number of carbonyl (C=O) groups is 1. The van der Waals surface area contributed by atoms with Crippen LogP contribution in [0, 0.1) is 13.8 Å². The predicted octanol–water partition coefficient (Wildman–Crippen LogP) is 4.95. The lowest BCUT2D eigenvalue weighted by Gasteiger charge is -2.17. The topological polar surface area (TPSA) is 67.2 Å². The van der Waals surface area contributed by atoms with Gasteiger partial charge in [-0.2, -0.15) is 18.3 Å². The molecule has 0 spiro atoms. The van der Waals surface area contributed by atoms with E-state index in [4.69, 9.17) is 0 Å². The summed E-state index contributed by atoms with van der Waals surface area (Å²) in [5.41, 5.74) is 0.468. The van der Waals surface area contributed by atoms with Gasteiger partial charge >= 0.3 is 12.1 Å². The molecule has 0 fully saturated rings. The Morgan fingerprint density at radius 1 is 1.11 bits per heavy atom. The number of nitrogens with zero attached hydrogens (tertiary/aromatic N) is 2. The summed E-state index contributed by atoms with van der Waals surface area (Å²) in [5.74, 6) is -0.902. The normalized spacial score (nSPS) is 11.4. The van der Waals surface area contributed by atoms with E-state index in [9.17, 15) is 23.1 Å². The molecule has 5 nitrogen and oxygen atoms in total. The van der Waals surface area contributed by atoms with Crippen molar-refractivity contribution in [1.82, 2.24) is 9.78 Å². The van der Waals surface area contributed by atoms with Crippen LogP contribution in [0.2, 0.25) is 0 Å². The fourth-order valence-electron chi connectivity index (χ4n) is 2.81. The first kappa shape index (κ1) is 18.5. The molecule has 0 saturated carbocycles. The van der Waals surface area contributed by atoms with Crippen LogP contribution in [0.5, 0.6) is 0 Å². The first-order chi connectivity index (χ1) is 12.7. The van der Waals surface area contributed by atoms with Gasteiger partial charge in [0.2, 0.25) is 0 Å². The van der Waals surface area contributed by atoms with Crippen molar-refractivity contribution in [2.24, 2.45) is 0 Å². The zero-order chi connectivity index (χ0) is 19.8. The Hall–Kier alpha value is -3.29. The van der Waals surface area contributed by atoms with Gasteiger partial charge in [-0.25, -0.2) is 9.48 Å². The van der Waals surface area contributed by atoms with Crippen LogP contribution in [-0.4, -0.2) is 20.9 Å². The first-order valence-corrected chi connectivity index (χ1v) is 8.01. The number of hydrogen-bond acceptors (Lipinski definition) is 3. The molecule has 0 bridgehead atoms. The summed E-state index contributed by atoms with van der Waals surface area (Å²) in [6, 6.07) is 11.4. The summed E-state index contributed by atoms with van der Waals surface area (Å²) < 4.78 is 41.3. The van der Waals surface area contributed by atoms with Crippen molar-refractivity contribution in [3.8, 4) is 5.69 Å². The van der Waals surface area contributed by atoms with Gasteiger partial charge in [-0.15, -0.1) is 0 Å². The fourth-order valence-corrected chi connectivity index (χ4v) is 2.81. The van der Waals surface area contributed by atoms with Crippen molar-refractivity contribution in [3.63, 3.8) is 0 Å². The number of aromatic carboxylic acids is 1. The Kier molecular flexibility index (Phi) is 4.65. The van der Waals surface area contributed by atoms with Gasteiger partial charge < -0.3 is 10.4 Å². The maximum Gasteiger partial charge on any atom is 0.418 e. The third kappa shape index (κ3) is 3.64. The number of aromatic nitrogens is 2. The molecule has 27 heavy (non-hydrogen) atoms. The average Bonchev–Trinajstić information content (AvgIpc) is 2.96. The highest BCUT2D eigenvalue weighted by atomic mass is 19.4. The predicted molar refractivity (Wildman–Crippen MR) is 94.7 cm³/mol. The molecule has 1 heterocycles. The van der Waals surface area contributed by atoms with Crippen molar-refractivity contribution >= 4 is 17.5 Å². The zero-order valence-corrected chi connectivity index (χ0v) is 14.5. The maximum absolute atomic E-state index is 13.4. The van der Waals surface area contributed by atoms with Crippen LogP contribution in [-0.2, 0) is 6.18 Å². The molecule has 2 aromatic carbocycles. The summed E-state index contributed by atoms with van der Waals surface area (Å²) in [7, 11) is 0. The lowest BCUT2D eigenvalue weighted by Crippen LogP contribution is -2.13. The third-order valence-corrected chi connectivity index (χ3v) is 4.03. The highest BCUT2D eigenvalue weighted by Crippen LogP contribution is 2.35. The summed E-state index contributed by atoms with van der Waals surface area (Å²) in [4.78, 5) is 11.5. The van der Waals surface area contributed by atoms with E-state index < -0.39 is 17.7 Å². The summed E-state index contributed by atoms with van der Waals surface area (Å²) in [6.07, 6.45) is -4.55. The van der Waals surface area contributed by atoms with Crippen LogP contribution in [0.4, 0.5) is 24.7 Å². The molecule has 0 amide bonds. The molecule has 140 valence electrons. The van der Waals surface area contributed by atoms with Crippen LogP contribution < -0.4 is 5.32 Å². The number of rotatable bonds is 4. The number of carboxylic acid groups (broad SMARTS) is 1. The minimum Gasteiger partial charge on any atom is -0.478 e. The SMILES string of the molecule is Cc1cc(Nc2c(C)cccc2C(=O)O)n(-c2ccccc2C(F)(F)F)n1. The Morgan fingerprint density at radius 3 is 2.48 bits per heavy atom. The van der Waals surface area contributed by atoms with Crippen molar-refractivity contribution in [3.05, 3.63) is 70.9 Å². The van der Waals surface area contributed by atoms with Gasteiger partial charge in [-0.05, 0) is 37.6 Å². The smallest absolute Gasteiger partial charge is 0.418 e. The molecule has 8 heteroatoms. The Labute approximate surface area is 153 Å². The van der Waals surface area contributed by atoms with Gasteiger partial charge in [-0.3, -0.25) is 0 Å². The van der Waals surface area contributed by atoms with Gasteiger partial charge in [0.05, 0.1) is 28.2 Å². The minimum atomic E-state index is -4.55. The zero-order valence-electron chi connectivity index (χ0n) is 14.5. The number of para-hydroxylation sites is 2. The number of benzene rings is 2. The lowest BCUT2D eigenvalue weighted by molar-refractivity contribution is -0.137. The van der Waals surface area contributed by atoms with Crippen molar-refractivity contribution in [2.45, 2.75) is 20.0 Å². The molecule has 3 aromatic rings. The number of anilines is 2. The molecule has 0 radical (unpaired) electrons. The molecule has 2 N–H and O–H groups in total. The summed E-state index contributed by atoms with van der Waals surface area (Å²) in [6.45, 7) is 3.36. The molecular weight excluding hydrogens is 359 g/mol. The number of hydrogen-bond donors (Lipinski definition) is 2. The molecule has 3 rings (SSSR count). The quantitative estimate of drug-likeness (QED) is 0.677. The van der Waals surface area contributed by atoms with E-state index in [0.29, 0.717) is 16.9 Å². The Bertz CT molecular complexity index is 1010. The molecule has 0 aliphatic heterocycles. The molecule has 1 aromatic heterocycles. The minimum absolute atomic E-state index is 0.0181. The van der Waals surface area contributed by atoms with Gasteiger partial charge in [0, 0.05) is 6.07 Å². The van der Waals surface area contributed by atoms with Gasteiger partial charge in [0.25, 0.3) is 0 Å². The Morgan fingerprint density at radius 2 is 1.81 bits per heavy atom. The van der Waals surface area contributed by atoms with E-state index >= 15 is 0 Å². The van der Waals surface area contributed by atoms with E-state index in [1.165, 1.54) is 24.3 Å². The average molecular weight is 375 g/mol. The molecule has 0 unspecified atom stereocenters. The lowest BCUT2D eigenvalue weighted by atomic mass is 10.1. The molecule has 0 aliphatic carbocycles. The van der Waals surface area contributed by atoms with Crippen molar-refractivity contribution in [1.29, 1.82) is 0 Å². The Balaban J connectivity index is 2.15. The molecular formula is C19H16F3N3O2. The number of carboxylic acids is 1. The van der Waals surface area contributed by atoms with E-state index in [0.717, 1.165) is 10.7 Å². The van der Waals surface area contributed by atoms with Crippen molar-refractivity contribution < 1.29 is 23.1 Å². The summed E-state index contributed by atoms with van der Waals surface area (Å²) >= 11 is 0. The van der Waals surface area contributed by atoms with Gasteiger partial charge in [0.15, 0.2) is 0 Å². The van der Waals surface area contributed by atoms with E-state index in [-0.39, 0.29) is 17.1 Å². The highest BCUT2D eigenvalue weighted by Gasteiger charge is 2.34. The van der Waals surface area contributed by atoms with E-state index in [1.807, 2.05) is 0 Å². The van der Waals surface area contributed by atoms with Gasteiger partial charge in [-0.1, -0.05) is 24.3 Å². The second-order valence-corrected chi connectivity index (χ2v) is 6.03. The number of halogens is 3. The van der Waals surface area contributed by atoms with Crippen LogP contribution in [0.1, 0.15) is 27.2 Å². The monoisotopic (exact) mass is 375 g/mol. The highest BCUT2D eigenvalue weighted by molar-refractivity contribution is 5.96. The largest absolute Gasteiger partial charge is 0.478 e. The first-order valence-electron chi connectivity index (χ1n) is 8.01. The fraction of sp³-hybridized carbons (Fsp3) is 0.158. The van der Waals surface area contributed by atoms with E-state index in [2.05, 4.69) is 10.4 Å². The van der Waals surface area contributed by atoms with Crippen LogP contribution >= 0.6 is 0 Å². The van der Waals surface area contributed by atoms with Crippen LogP contribution in [0.25, 0.3) is 5.69 Å². The summed E-state index contributed by atoms with van der Waals surface area (Å²) in [5, 5.41) is 16.5. The standard InChI is InChI=1S/C19H16F3N3O2/c1-11-6-5-7-13(18(26)27)17(11)23-16-10-12(2)24-25(16)15-9-4-3-8-14(15)19(20,21)22/h3-10,23H,1-2H3,(H,26,27). The number of alkyl halides is 3. The third-order valence-electron chi connectivity index (χ3n) is 4.03. The number of nitrogens with one attached hydrogen (secondary N) is 1. The van der Waals surface area contributed by atoms with Crippen molar-refractivity contribution in [2.75, 3.05) is 5.32 Å². The second-order valence-electron chi connectivity index (χ2n) is 6.03. The van der Waals surface area contributed by atoms with Gasteiger partial charge in [0.1, 0.15) is 5.82 Å².